The Kier molecular flexibility index (Phi) is 7.54. The van der Waals surface area contributed by atoms with E-state index in [9.17, 15) is 14.0 Å². The molecule has 3 aliphatic rings. The first-order valence-electron chi connectivity index (χ1n) is 16.2. The minimum Gasteiger partial charge on any atom is -0.494 e. The zero-order valence-electron chi connectivity index (χ0n) is 26.5. The molecule has 3 N–H and O–H groups in total. The van der Waals surface area contributed by atoms with Gasteiger partial charge in [-0.15, -0.1) is 0 Å². The normalized spacial score (nSPS) is 27.2. The van der Waals surface area contributed by atoms with Crippen LogP contribution in [0.25, 0.3) is 33.6 Å². The van der Waals surface area contributed by atoms with Gasteiger partial charge in [-0.1, -0.05) is 19.8 Å². The SMILES string of the molecule is COc1cc(C(=O)N[C@H]2CNCC[C@@H]2F)cc2nc(-c3cc4ccc5nc4n3CCCCC[C@H]3C[C@]3(C)C(=O)N[C@@H]5C)n(C)c12. The van der Waals surface area contributed by atoms with Crippen LogP contribution in [0.15, 0.2) is 30.3 Å². The number of halogens is 1. The number of alkyl halides is 1. The molecule has 238 valence electrons. The van der Waals surface area contributed by atoms with Crippen LogP contribution in [0.1, 0.15) is 74.5 Å². The van der Waals surface area contributed by atoms with Crippen molar-refractivity contribution < 1.29 is 18.7 Å². The molecule has 1 saturated heterocycles. The van der Waals surface area contributed by atoms with Crippen molar-refractivity contribution in [3.8, 4) is 17.3 Å². The number of pyridine rings is 1. The molecule has 1 aliphatic carbocycles. The molecule has 11 heteroatoms. The first-order chi connectivity index (χ1) is 21.7. The van der Waals surface area contributed by atoms with Gasteiger partial charge < -0.3 is 29.8 Å². The monoisotopic (exact) mass is 615 g/mol. The van der Waals surface area contributed by atoms with Crippen LogP contribution < -0.4 is 20.7 Å². The van der Waals surface area contributed by atoms with Gasteiger partial charge in [-0.2, -0.15) is 0 Å². The quantitative estimate of drug-likeness (QED) is 0.304. The number of carbonyl (C=O) groups excluding carboxylic acids is 2. The number of carbonyl (C=O) groups is 2. The number of hydrogen-bond acceptors (Lipinski definition) is 6. The molecular weight excluding hydrogens is 573 g/mol. The van der Waals surface area contributed by atoms with Crippen LogP contribution >= 0.6 is 0 Å². The number of rotatable bonds is 4. The Hall–Kier alpha value is -3.99. The first kappa shape index (κ1) is 29.7. The fraction of sp³-hybridized carbons (Fsp3) is 0.529. The number of imidazole rings is 1. The van der Waals surface area contributed by atoms with E-state index in [-0.39, 0.29) is 23.3 Å². The van der Waals surface area contributed by atoms with Crippen molar-refractivity contribution >= 4 is 33.9 Å². The van der Waals surface area contributed by atoms with Crippen LogP contribution in [0.2, 0.25) is 0 Å². The van der Waals surface area contributed by atoms with Gasteiger partial charge in [-0.25, -0.2) is 14.4 Å². The molecule has 2 aliphatic heterocycles. The molecule has 5 atom stereocenters. The van der Waals surface area contributed by atoms with E-state index < -0.39 is 12.2 Å². The third kappa shape index (κ3) is 5.24. The third-order valence-electron chi connectivity index (χ3n) is 10.3. The summed E-state index contributed by atoms with van der Waals surface area (Å²) < 4.78 is 24.5. The maximum atomic E-state index is 14.5. The summed E-state index contributed by atoms with van der Waals surface area (Å²) in [5.74, 6) is 1.46. The molecule has 4 aromatic rings. The maximum Gasteiger partial charge on any atom is 0.251 e. The molecule has 0 spiro atoms. The summed E-state index contributed by atoms with van der Waals surface area (Å²) >= 11 is 0. The summed E-state index contributed by atoms with van der Waals surface area (Å²) in [7, 11) is 3.53. The van der Waals surface area contributed by atoms with Crippen molar-refractivity contribution in [1.82, 2.24) is 35.1 Å². The number of aryl methyl sites for hydroxylation is 2. The molecule has 0 radical (unpaired) electrons. The van der Waals surface area contributed by atoms with Crippen LogP contribution in [0.3, 0.4) is 0 Å². The number of piperidine rings is 1. The molecule has 3 aromatic heterocycles. The average molecular weight is 616 g/mol. The lowest BCUT2D eigenvalue weighted by atomic mass is 10.0. The highest BCUT2D eigenvalue weighted by molar-refractivity contribution is 6.00. The Morgan fingerprint density at radius 2 is 2.00 bits per heavy atom. The number of nitrogens with one attached hydrogen (secondary N) is 3. The highest BCUT2D eigenvalue weighted by Gasteiger charge is 2.55. The molecule has 1 aromatic carbocycles. The molecule has 0 unspecified atom stereocenters. The fourth-order valence-electron chi connectivity index (χ4n) is 7.27. The minimum absolute atomic E-state index is 0.122. The van der Waals surface area contributed by atoms with E-state index in [2.05, 4.69) is 39.6 Å². The molecule has 7 rings (SSSR count). The van der Waals surface area contributed by atoms with Crippen LogP contribution in [0.5, 0.6) is 5.75 Å². The van der Waals surface area contributed by atoms with Gasteiger partial charge in [0.15, 0.2) is 5.82 Å². The number of aromatic nitrogens is 4. The molecule has 2 bridgehead atoms. The van der Waals surface area contributed by atoms with Gasteiger partial charge in [0.2, 0.25) is 5.91 Å². The van der Waals surface area contributed by atoms with Gasteiger partial charge in [0.1, 0.15) is 23.1 Å². The number of benzene rings is 1. The van der Waals surface area contributed by atoms with E-state index >= 15 is 0 Å². The number of amides is 2. The van der Waals surface area contributed by atoms with Gasteiger partial charge in [-0.3, -0.25) is 9.59 Å². The maximum absolute atomic E-state index is 14.5. The Morgan fingerprint density at radius 3 is 2.80 bits per heavy atom. The van der Waals surface area contributed by atoms with E-state index in [1.54, 1.807) is 19.2 Å². The van der Waals surface area contributed by atoms with Crippen LogP contribution in [0, 0.1) is 11.3 Å². The summed E-state index contributed by atoms with van der Waals surface area (Å²) in [6, 6.07) is 8.82. The highest BCUT2D eigenvalue weighted by Crippen LogP contribution is 2.55. The lowest BCUT2D eigenvalue weighted by Crippen LogP contribution is -2.52. The number of hydrogen-bond donors (Lipinski definition) is 3. The smallest absolute Gasteiger partial charge is 0.251 e. The fourth-order valence-corrected chi connectivity index (χ4v) is 7.27. The van der Waals surface area contributed by atoms with Gasteiger partial charge >= 0.3 is 0 Å². The summed E-state index contributed by atoms with van der Waals surface area (Å²) in [6.07, 6.45) is 4.44. The topological polar surface area (TPSA) is 115 Å². The summed E-state index contributed by atoms with van der Waals surface area (Å²) in [6.45, 7) is 5.87. The van der Waals surface area contributed by atoms with Crippen molar-refractivity contribution in [3.63, 3.8) is 0 Å². The zero-order valence-corrected chi connectivity index (χ0v) is 26.5. The predicted octanol–water partition coefficient (Wildman–Crippen LogP) is 4.81. The van der Waals surface area contributed by atoms with Gasteiger partial charge in [0.25, 0.3) is 5.91 Å². The second-order valence-corrected chi connectivity index (χ2v) is 13.3. The summed E-state index contributed by atoms with van der Waals surface area (Å²) in [5.41, 5.74) is 4.10. The summed E-state index contributed by atoms with van der Waals surface area (Å²) in [4.78, 5) is 36.5. The Labute approximate surface area is 262 Å². The lowest BCUT2D eigenvalue weighted by molar-refractivity contribution is -0.127. The zero-order chi connectivity index (χ0) is 31.5. The van der Waals surface area contributed by atoms with Crippen molar-refractivity contribution in [3.05, 3.63) is 41.6 Å². The minimum atomic E-state index is -1.09. The van der Waals surface area contributed by atoms with E-state index in [1.807, 2.05) is 24.6 Å². The Balaban J connectivity index is 1.27. The molecule has 5 heterocycles. The Bertz CT molecular complexity index is 1800. The third-order valence-corrected chi connectivity index (χ3v) is 10.3. The van der Waals surface area contributed by atoms with Crippen molar-refractivity contribution in [2.24, 2.45) is 18.4 Å². The number of nitrogens with zero attached hydrogens (tertiary/aromatic N) is 4. The van der Waals surface area contributed by atoms with Gasteiger partial charge in [-0.05, 0) is 75.4 Å². The van der Waals surface area contributed by atoms with Gasteiger partial charge in [0.05, 0.1) is 36.1 Å². The van der Waals surface area contributed by atoms with Crippen molar-refractivity contribution in [1.29, 1.82) is 0 Å². The van der Waals surface area contributed by atoms with Crippen molar-refractivity contribution in [2.75, 3.05) is 20.2 Å². The number of fused-ring (bicyclic) bond motifs is 3. The largest absolute Gasteiger partial charge is 0.494 e. The average Bonchev–Trinajstić information content (AvgIpc) is 3.39. The molecule has 2 amide bonds. The van der Waals surface area contributed by atoms with E-state index in [0.717, 1.165) is 72.4 Å². The first-order valence-corrected chi connectivity index (χ1v) is 16.2. The molecule has 2 fully saturated rings. The molecule has 1 saturated carbocycles. The highest BCUT2D eigenvalue weighted by atomic mass is 19.1. The standard InChI is InChI=1S/C34H42FN7O3/c1-19-24-10-9-20-15-27(42(30(20)38-24)13-7-5-6-8-22-17-34(22,2)33(44)37-19)31-39-25-14-21(16-28(45-4)29(25)41(31)3)32(43)40-26-18-36-12-11-23(26)35/h9-10,14-16,19,22-23,26,36H,5-8,11-13,17-18H2,1-4H3,(H,37,44)(H,40,43)/t19-,22+,23+,26+,34+/m1/s1. The van der Waals surface area contributed by atoms with Crippen LogP contribution in [-0.2, 0) is 18.4 Å². The van der Waals surface area contributed by atoms with Gasteiger partial charge in [0, 0.05) is 36.5 Å². The second kappa shape index (κ2) is 11.4. The van der Waals surface area contributed by atoms with E-state index in [1.165, 1.54) is 0 Å². The number of ether oxygens (including phenoxy) is 1. The van der Waals surface area contributed by atoms with Crippen LogP contribution in [-0.4, -0.2) is 63.3 Å². The molecule has 45 heavy (non-hydrogen) atoms. The predicted molar refractivity (Wildman–Crippen MR) is 171 cm³/mol. The summed E-state index contributed by atoms with van der Waals surface area (Å²) in [5, 5.41) is 10.2. The second-order valence-electron chi connectivity index (χ2n) is 13.3. The van der Waals surface area contributed by atoms with E-state index in [0.29, 0.717) is 42.3 Å². The van der Waals surface area contributed by atoms with Crippen molar-refractivity contribution in [2.45, 2.75) is 77.2 Å². The van der Waals surface area contributed by atoms with Crippen LogP contribution in [0.4, 0.5) is 4.39 Å². The Morgan fingerprint density at radius 1 is 1.16 bits per heavy atom. The van der Waals surface area contributed by atoms with E-state index in [4.69, 9.17) is 14.7 Å². The lowest BCUT2D eigenvalue weighted by Gasteiger charge is -2.27. The number of methoxy groups -OCH3 is 1. The molecular formula is C34H42FN7O3. The molecule has 10 nitrogen and oxygen atoms in total.